The highest BCUT2D eigenvalue weighted by molar-refractivity contribution is 7.26. The van der Waals surface area contributed by atoms with Crippen LogP contribution in [0.1, 0.15) is 0 Å². The van der Waals surface area contributed by atoms with E-state index in [9.17, 15) is 0 Å². The molecule has 0 unspecified atom stereocenters. The average Bonchev–Trinajstić information content (AvgIpc) is 1.56. The molecule has 0 fully saturated rings. The summed E-state index contributed by atoms with van der Waals surface area (Å²) in [6, 6.07) is 137. The van der Waals surface area contributed by atoms with Crippen LogP contribution in [0.3, 0.4) is 0 Å². The van der Waals surface area contributed by atoms with E-state index >= 15 is 0 Å². The van der Waals surface area contributed by atoms with Crippen LogP contribution < -0.4 is 0 Å². The van der Waals surface area contributed by atoms with Gasteiger partial charge in [0.25, 0.3) is 0 Å². The molecule has 0 aliphatic rings. The van der Waals surface area contributed by atoms with E-state index in [0.717, 1.165) is 83.6 Å². The Kier molecular flexibility index (Phi) is 16.4. The second-order valence-corrected chi connectivity index (χ2v) is 30.2. The monoisotopic (exact) mass is 1460 g/mol. The molecule has 0 saturated heterocycles. The van der Waals surface area contributed by atoms with Crippen molar-refractivity contribution in [2.75, 3.05) is 0 Å². The van der Waals surface area contributed by atoms with Crippen molar-refractivity contribution in [3.63, 3.8) is 0 Å². The SMILES string of the molecule is c1ccc(-c2nc(-c3ccccc3)nc(-c3ccc(-n4c5ccccc5c5cc(-c6ccc7sc8ccccc8c7c6)ccc54)c(-c4ccccc4)c3)n2)cc1.c1ccc(-c2nc(-c3ccccc3)nc(-c3ccc(-n4c5ccccc5c5cccc(-c6ccc7c(c6)sc6ccccc67)c54)c(-c4ccccc4)c3)n2)cc1. The summed E-state index contributed by atoms with van der Waals surface area (Å²) in [5.74, 6) is 3.82. The fraction of sp³-hybridized carbons (Fsp3) is 0. The van der Waals surface area contributed by atoms with Crippen molar-refractivity contribution >= 4 is 107 Å². The molecule has 0 amide bonds. The van der Waals surface area contributed by atoms with Crippen LogP contribution in [0.4, 0.5) is 0 Å². The molecular formula is C102H64N8S2. The van der Waals surface area contributed by atoms with Crippen LogP contribution in [-0.2, 0) is 0 Å². The molecule has 6 aromatic heterocycles. The van der Waals surface area contributed by atoms with Crippen LogP contribution in [0.5, 0.6) is 0 Å². The van der Waals surface area contributed by atoms with E-state index in [1.165, 1.54) is 89.7 Å². The van der Waals surface area contributed by atoms with Crippen molar-refractivity contribution in [3.8, 4) is 124 Å². The molecule has 524 valence electrons. The maximum atomic E-state index is 5.09. The molecule has 22 aromatic rings. The van der Waals surface area contributed by atoms with Gasteiger partial charge in [-0.25, -0.2) is 29.9 Å². The van der Waals surface area contributed by atoms with Crippen LogP contribution >= 0.6 is 22.7 Å². The van der Waals surface area contributed by atoms with Crippen LogP contribution in [0.25, 0.3) is 208 Å². The maximum Gasteiger partial charge on any atom is 0.164 e. The van der Waals surface area contributed by atoms with E-state index in [-0.39, 0.29) is 0 Å². The Labute approximate surface area is 653 Å². The molecule has 0 aliphatic heterocycles. The number of thiophene rings is 2. The van der Waals surface area contributed by atoms with Gasteiger partial charge in [-0.3, -0.25) is 0 Å². The Hall–Kier alpha value is -14.4. The quantitative estimate of drug-likeness (QED) is 0.121. The van der Waals surface area contributed by atoms with Gasteiger partial charge in [-0.05, 0) is 119 Å². The minimum Gasteiger partial charge on any atom is -0.309 e. The molecule has 0 N–H and O–H groups in total. The van der Waals surface area contributed by atoms with Gasteiger partial charge < -0.3 is 9.13 Å². The zero-order valence-electron chi connectivity index (χ0n) is 60.3. The number of aromatic nitrogens is 8. The molecule has 0 spiro atoms. The van der Waals surface area contributed by atoms with E-state index < -0.39 is 0 Å². The lowest BCUT2D eigenvalue weighted by Gasteiger charge is -2.17. The van der Waals surface area contributed by atoms with Crippen molar-refractivity contribution in [1.82, 2.24) is 39.0 Å². The summed E-state index contributed by atoms with van der Waals surface area (Å²) in [6.45, 7) is 0. The van der Waals surface area contributed by atoms with Gasteiger partial charge in [-0.1, -0.05) is 297 Å². The number of hydrogen-bond donors (Lipinski definition) is 0. The van der Waals surface area contributed by atoms with Crippen molar-refractivity contribution in [2.24, 2.45) is 0 Å². The van der Waals surface area contributed by atoms with E-state index in [0.29, 0.717) is 34.9 Å². The highest BCUT2D eigenvalue weighted by Crippen LogP contribution is 2.46. The first-order valence-corrected chi connectivity index (χ1v) is 39.2. The number of fused-ring (bicyclic) bond motifs is 12. The molecule has 0 atom stereocenters. The summed E-state index contributed by atoms with van der Waals surface area (Å²) in [7, 11) is 0. The molecule has 0 bridgehead atoms. The number of hydrogen-bond acceptors (Lipinski definition) is 8. The first kappa shape index (κ1) is 65.8. The molecule has 22 rings (SSSR count). The van der Waals surface area contributed by atoms with E-state index in [2.05, 4.69) is 276 Å². The molecule has 112 heavy (non-hydrogen) atoms. The van der Waals surface area contributed by atoms with E-state index in [4.69, 9.17) is 29.9 Å². The number of rotatable bonds is 12. The van der Waals surface area contributed by atoms with Gasteiger partial charge >= 0.3 is 0 Å². The number of benzene rings is 16. The zero-order valence-corrected chi connectivity index (χ0v) is 62.0. The largest absolute Gasteiger partial charge is 0.309 e. The van der Waals surface area contributed by atoms with Crippen LogP contribution in [0.15, 0.2) is 388 Å². The zero-order chi connectivity index (χ0) is 74.0. The predicted molar refractivity (Wildman–Crippen MR) is 468 cm³/mol. The molecule has 10 heteroatoms. The van der Waals surface area contributed by atoms with E-state index in [1.54, 1.807) is 0 Å². The van der Waals surface area contributed by atoms with Crippen LogP contribution in [0.2, 0.25) is 0 Å². The van der Waals surface area contributed by atoms with Gasteiger partial charge in [0.2, 0.25) is 0 Å². The Morgan fingerprint density at radius 2 is 0.509 bits per heavy atom. The predicted octanol–water partition coefficient (Wildman–Crippen LogP) is 27.3. The van der Waals surface area contributed by atoms with Crippen LogP contribution in [0, 0.1) is 0 Å². The average molecular weight is 1470 g/mol. The fourth-order valence-electron chi connectivity index (χ4n) is 16.0. The van der Waals surface area contributed by atoms with Gasteiger partial charge in [-0.2, -0.15) is 0 Å². The van der Waals surface area contributed by atoms with Crippen molar-refractivity contribution in [3.05, 3.63) is 388 Å². The maximum absolute atomic E-state index is 5.09. The third kappa shape index (κ3) is 11.9. The Balaban J connectivity index is 0.000000141. The van der Waals surface area contributed by atoms with Gasteiger partial charge in [-0.15, -0.1) is 22.7 Å². The van der Waals surface area contributed by atoms with Gasteiger partial charge in [0.1, 0.15) is 0 Å². The Bertz CT molecular complexity index is 7250. The topological polar surface area (TPSA) is 87.2 Å². The number of para-hydroxylation sites is 3. The molecule has 8 nitrogen and oxygen atoms in total. The normalized spacial score (nSPS) is 11.6. The lowest BCUT2D eigenvalue weighted by Crippen LogP contribution is -2.02. The molecule has 0 aliphatic carbocycles. The fourth-order valence-corrected chi connectivity index (χ4v) is 18.3. The molecule has 0 saturated carbocycles. The summed E-state index contributed by atoms with van der Waals surface area (Å²) in [4.78, 5) is 30.2. The number of nitrogens with zero attached hydrogens (tertiary/aromatic N) is 8. The molecule has 6 heterocycles. The Morgan fingerprint density at radius 3 is 1.02 bits per heavy atom. The summed E-state index contributed by atoms with van der Waals surface area (Å²) >= 11 is 3.71. The minimum atomic E-state index is 0.626. The standard InChI is InChI=1S/2C51H32N4S/c1-4-15-33(16-5-1)43-31-37(51-53-49(34-17-6-2-7-18-34)52-50(54-51)35-19-8-3-9-20-35)28-30-45(43)55-44-25-12-10-21-39(44)42-24-14-23-38(48(42)55)36-27-29-41-40-22-11-13-26-46(40)56-47(41)32-36;1-4-14-33(15-5-1)41-32-38(51-53-49(34-16-6-2-7-17-34)52-50(54-51)35-18-8-3-9-19-35)25-28-45(41)55-44-22-12-10-20-39(44)42-30-36(24-27-46(42)55)37-26-29-48-43(31-37)40-21-11-13-23-47(40)56-48/h2*1-32H. The van der Waals surface area contributed by atoms with E-state index in [1.807, 2.05) is 144 Å². The second kappa shape index (κ2) is 28.0. The second-order valence-electron chi connectivity index (χ2n) is 28.0. The highest BCUT2D eigenvalue weighted by Gasteiger charge is 2.24. The van der Waals surface area contributed by atoms with Gasteiger partial charge in [0.05, 0.1) is 33.4 Å². The third-order valence-electron chi connectivity index (χ3n) is 21.3. The lowest BCUT2D eigenvalue weighted by molar-refractivity contribution is 1.07. The summed E-state index contributed by atoms with van der Waals surface area (Å²) < 4.78 is 10.1. The van der Waals surface area contributed by atoms with Crippen molar-refractivity contribution < 1.29 is 0 Å². The molecular weight excluding hydrogens is 1400 g/mol. The molecule has 0 radical (unpaired) electrons. The van der Waals surface area contributed by atoms with Crippen molar-refractivity contribution in [2.45, 2.75) is 0 Å². The Morgan fingerprint density at radius 1 is 0.170 bits per heavy atom. The first-order valence-electron chi connectivity index (χ1n) is 37.5. The first-order chi connectivity index (χ1) is 55.5. The summed E-state index contributed by atoms with van der Waals surface area (Å²) in [5.41, 5.74) is 21.6. The summed E-state index contributed by atoms with van der Waals surface area (Å²) in [6.07, 6.45) is 0. The lowest BCUT2D eigenvalue weighted by atomic mass is 9.98. The van der Waals surface area contributed by atoms with Gasteiger partial charge in [0, 0.05) is 112 Å². The third-order valence-corrected chi connectivity index (χ3v) is 23.6. The minimum absolute atomic E-state index is 0.626. The van der Waals surface area contributed by atoms with Gasteiger partial charge in [0.15, 0.2) is 34.9 Å². The van der Waals surface area contributed by atoms with Crippen molar-refractivity contribution in [1.29, 1.82) is 0 Å². The highest BCUT2D eigenvalue weighted by atomic mass is 32.1. The smallest absolute Gasteiger partial charge is 0.164 e. The van der Waals surface area contributed by atoms with Crippen LogP contribution in [-0.4, -0.2) is 39.0 Å². The molecule has 16 aromatic carbocycles. The summed E-state index contributed by atoms with van der Waals surface area (Å²) in [5, 5.41) is 10.1.